The molecule has 2 amide bonds. The Labute approximate surface area is 180 Å². The molecule has 3 aromatic rings. The lowest BCUT2D eigenvalue weighted by molar-refractivity contribution is -0.119. The minimum absolute atomic E-state index is 0.0805. The van der Waals surface area contributed by atoms with Crippen LogP contribution in [0.2, 0.25) is 0 Å². The molecule has 0 spiro atoms. The second-order valence-corrected chi connectivity index (χ2v) is 9.58. The summed E-state index contributed by atoms with van der Waals surface area (Å²) in [6, 6.07) is 16.1. The Morgan fingerprint density at radius 1 is 1.03 bits per heavy atom. The highest BCUT2D eigenvalue weighted by molar-refractivity contribution is 7.14. The molecule has 1 aromatic carbocycles. The molecule has 29 heavy (non-hydrogen) atoms. The Balaban J connectivity index is 1.76. The number of hydrogen-bond acceptors (Lipinski definition) is 4. The fourth-order valence-corrected chi connectivity index (χ4v) is 4.75. The largest absolute Gasteiger partial charge is 0.351 e. The third-order valence-corrected chi connectivity index (χ3v) is 6.48. The van der Waals surface area contributed by atoms with Gasteiger partial charge in [0.25, 0.3) is 5.91 Å². The lowest BCUT2D eigenvalue weighted by Gasteiger charge is -2.18. The maximum Gasteiger partial charge on any atom is 0.262 e. The summed E-state index contributed by atoms with van der Waals surface area (Å²) < 4.78 is 0. The number of carbonyl (C=O) groups is 2. The third-order valence-electron chi connectivity index (χ3n) is 4.46. The number of hydrogen-bond donors (Lipinski definition) is 2. The van der Waals surface area contributed by atoms with E-state index in [-0.39, 0.29) is 17.9 Å². The van der Waals surface area contributed by atoms with Crippen LogP contribution in [-0.4, -0.2) is 11.8 Å². The van der Waals surface area contributed by atoms with Crippen molar-refractivity contribution in [1.29, 1.82) is 0 Å². The normalized spacial score (nSPS) is 12.0. The lowest BCUT2D eigenvalue weighted by atomic mass is 9.98. The van der Waals surface area contributed by atoms with Crippen LogP contribution in [0.4, 0.5) is 0 Å². The molecule has 1 atom stereocenters. The highest BCUT2D eigenvalue weighted by Crippen LogP contribution is 2.28. The first-order valence-corrected chi connectivity index (χ1v) is 11.4. The molecule has 2 aromatic heterocycles. The van der Waals surface area contributed by atoms with Gasteiger partial charge in [0.05, 0.1) is 17.5 Å². The van der Waals surface area contributed by atoms with Gasteiger partial charge in [0.2, 0.25) is 5.91 Å². The molecular weight excluding hydrogens is 400 g/mol. The number of carbonyl (C=O) groups excluding carboxylic acids is 2. The molecule has 0 saturated carbocycles. The molecule has 0 saturated heterocycles. The zero-order chi connectivity index (χ0) is 20.8. The van der Waals surface area contributed by atoms with Gasteiger partial charge in [0.15, 0.2) is 0 Å². The molecule has 4 nitrogen and oxygen atoms in total. The van der Waals surface area contributed by atoms with E-state index in [1.54, 1.807) is 11.3 Å². The average Bonchev–Trinajstić information content (AvgIpc) is 3.37. The molecule has 1 unspecified atom stereocenters. The highest BCUT2D eigenvalue weighted by atomic mass is 32.1. The first-order chi connectivity index (χ1) is 13.9. The van der Waals surface area contributed by atoms with Crippen LogP contribution in [-0.2, 0) is 17.8 Å². The summed E-state index contributed by atoms with van der Waals surface area (Å²) in [6.07, 6.45) is 1.04. The molecule has 0 aliphatic heterocycles. The SMILES string of the molecule is CC(=O)NCc1ccc(C(=O)NC(c2ccc(CC(C)C)cc2)c2cccs2)s1. The van der Waals surface area contributed by atoms with Crippen LogP contribution >= 0.6 is 22.7 Å². The van der Waals surface area contributed by atoms with Crippen molar-refractivity contribution in [2.24, 2.45) is 5.92 Å². The van der Waals surface area contributed by atoms with E-state index in [0.29, 0.717) is 17.3 Å². The Morgan fingerprint density at radius 2 is 1.79 bits per heavy atom. The summed E-state index contributed by atoms with van der Waals surface area (Å²) in [5, 5.41) is 7.97. The zero-order valence-corrected chi connectivity index (χ0v) is 18.5. The van der Waals surface area contributed by atoms with E-state index in [2.05, 4.69) is 48.7 Å². The summed E-state index contributed by atoms with van der Waals surface area (Å²) in [5.74, 6) is 0.427. The molecule has 3 rings (SSSR count). The van der Waals surface area contributed by atoms with Gasteiger partial charge >= 0.3 is 0 Å². The van der Waals surface area contributed by atoms with Gasteiger partial charge in [-0.15, -0.1) is 22.7 Å². The average molecular weight is 427 g/mol. The van der Waals surface area contributed by atoms with Crippen molar-refractivity contribution in [3.8, 4) is 0 Å². The van der Waals surface area contributed by atoms with Crippen molar-refractivity contribution in [3.05, 3.63) is 79.7 Å². The Hall–Kier alpha value is -2.44. The van der Waals surface area contributed by atoms with Crippen molar-refractivity contribution in [3.63, 3.8) is 0 Å². The number of amides is 2. The fraction of sp³-hybridized carbons (Fsp3) is 0.304. The standard InChI is InChI=1S/C23H26N2O2S2/c1-15(2)13-17-6-8-18(9-7-17)22(20-5-4-12-28-20)25-23(27)21-11-10-19(29-21)14-24-16(3)26/h4-12,15,22H,13-14H2,1-3H3,(H,24,26)(H,25,27). The zero-order valence-electron chi connectivity index (χ0n) is 16.9. The highest BCUT2D eigenvalue weighted by Gasteiger charge is 2.20. The van der Waals surface area contributed by atoms with Gasteiger partial charge < -0.3 is 10.6 Å². The van der Waals surface area contributed by atoms with Gasteiger partial charge in [-0.2, -0.15) is 0 Å². The number of rotatable bonds is 8. The molecule has 0 fully saturated rings. The van der Waals surface area contributed by atoms with E-state index < -0.39 is 0 Å². The summed E-state index contributed by atoms with van der Waals surface area (Å²) >= 11 is 3.04. The van der Waals surface area contributed by atoms with Gasteiger partial charge in [0, 0.05) is 16.7 Å². The minimum Gasteiger partial charge on any atom is -0.351 e. The molecule has 2 heterocycles. The van der Waals surface area contributed by atoms with Gasteiger partial charge in [-0.05, 0) is 47.0 Å². The van der Waals surface area contributed by atoms with Crippen LogP contribution in [0.3, 0.4) is 0 Å². The van der Waals surface area contributed by atoms with Crippen LogP contribution in [0.1, 0.15) is 57.4 Å². The summed E-state index contributed by atoms with van der Waals surface area (Å²) in [4.78, 5) is 26.7. The number of benzene rings is 1. The van der Waals surface area contributed by atoms with E-state index in [0.717, 1.165) is 21.7 Å². The monoisotopic (exact) mass is 426 g/mol. The topological polar surface area (TPSA) is 58.2 Å². The molecule has 0 bridgehead atoms. The molecular formula is C23H26N2O2S2. The Kier molecular flexibility index (Phi) is 7.23. The van der Waals surface area contributed by atoms with Crippen LogP contribution in [0, 0.1) is 5.92 Å². The fourth-order valence-electron chi connectivity index (χ4n) is 3.10. The first kappa shape index (κ1) is 21.3. The van der Waals surface area contributed by atoms with E-state index in [1.165, 1.54) is 23.8 Å². The van der Waals surface area contributed by atoms with Crippen molar-refractivity contribution >= 4 is 34.5 Å². The van der Waals surface area contributed by atoms with E-state index >= 15 is 0 Å². The van der Waals surface area contributed by atoms with Crippen LogP contribution in [0.5, 0.6) is 0 Å². The minimum atomic E-state index is -0.184. The Morgan fingerprint density at radius 3 is 2.41 bits per heavy atom. The van der Waals surface area contributed by atoms with Crippen LogP contribution in [0.25, 0.3) is 0 Å². The van der Waals surface area contributed by atoms with Crippen LogP contribution < -0.4 is 10.6 Å². The predicted molar refractivity (Wildman–Crippen MR) is 120 cm³/mol. The van der Waals surface area contributed by atoms with Gasteiger partial charge in [-0.25, -0.2) is 0 Å². The molecule has 2 N–H and O–H groups in total. The third kappa shape index (κ3) is 6.02. The maximum atomic E-state index is 12.9. The molecule has 0 radical (unpaired) electrons. The number of thiophene rings is 2. The maximum absolute atomic E-state index is 12.9. The van der Waals surface area contributed by atoms with Gasteiger partial charge in [-0.1, -0.05) is 44.2 Å². The van der Waals surface area contributed by atoms with Crippen molar-refractivity contribution in [2.75, 3.05) is 0 Å². The van der Waals surface area contributed by atoms with Gasteiger partial charge in [0.1, 0.15) is 0 Å². The second kappa shape index (κ2) is 9.85. The first-order valence-electron chi connectivity index (χ1n) is 9.68. The lowest BCUT2D eigenvalue weighted by Crippen LogP contribution is -2.28. The van der Waals surface area contributed by atoms with E-state index in [1.807, 2.05) is 29.6 Å². The van der Waals surface area contributed by atoms with E-state index in [4.69, 9.17) is 0 Å². The summed E-state index contributed by atoms with van der Waals surface area (Å²) in [7, 11) is 0. The molecule has 6 heteroatoms. The predicted octanol–water partition coefficient (Wildman–Crippen LogP) is 5.16. The van der Waals surface area contributed by atoms with Gasteiger partial charge in [-0.3, -0.25) is 9.59 Å². The van der Waals surface area contributed by atoms with Crippen molar-refractivity contribution in [2.45, 2.75) is 39.8 Å². The van der Waals surface area contributed by atoms with Crippen LogP contribution in [0.15, 0.2) is 53.9 Å². The summed E-state index contributed by atoms with van der Waals surface area (Å²) in [6.45, 7) is 6.35. The van der Waals surface area contributed by atoms with E-state index in [9.17, 15) is 9.59 Å². The molecule has 152 valence electrons. The molecule has 0 aliphatic carbocycles. The smallest absolute Gasteiger partial charge is 0.262 e. The quantitative estimate of drug-likeness (QED) is 0.522. The molecule has 0 aliphatic rings. The second-order valence-electron chi connectivity index (χ2n) is 7.44. The Bertz CT molecular complexity index is 944. The number of nitrogens with one attached hydrogen (secondary N) is 2. The summed E-state index contributed by atoms with van der Waals surface area (Å²) in [5.41, 5.74) is 2.38. The van der Waals surface area contributed by atoms with Crippen molar-refractivity contribution < 1.29 is 9.59 Å². The van der Waals surface area contributed by atoms with Crippen molar-refractivity contribution in [1.82, 2.24) is 10.6 Å².